The summed E-state index contributed by atoms with van der Waals surface area (Å²) in [6.45, 7) is 8.91. The molecular weight excluding hydrogens is 268 g/mol. The van der Waals surface area contributed by atoms with Gasteiger partial charge in [-0.15, -0.1) is 0 Å². The molecule has 1 N–H and O–H groups in total. The summed E-state index contributed by atoms with van der Waals surface area (Å²) in [6.07, 6.45) is 0.821. The van der Waals surface area contributed by atoms with E-state index in [2.05, 4.69) is 26.1 Å². The fourth-order valence-electron chi connectivity index (χ4n) is 2.65. The molecule has 0 aliphatic heterocycles. The van der Waals surface area contributed by atoms with Crippen molar-refractivity contribution >= 4 is 5.69 Å². The fraction of sp³-hybridized carbons (Fsp3) is 0.625. The number of nitro benzene ring substituents is 1. The zero-order chi connectivity index (χ0) is 16.0. The molecule has 0 aliphatic rings. The van der Waals surface area contributed by atoms with Gasteiger partial charge in [0, 0.05) is 18.0 Å². The summed E-state index contributed by atoms with van der Waals surface area (Å²) in [5.41, 5.74) is 1.11. The van der Waals surface area contributed by atoms with Gasteiger partial charge < -0.3 is 10.1 Å². The minimum Gasteiger partial charge on any atom is -0.487 e. The van der Waals surface area contributed by atoms with Crippen molar-refractivity contribution in [3.8, 4) is 5.75 Å². The van der Waals surface area contributed by atoms with E-state index in [-0.39, 0.29) is 22.6 Å². The van der Waals surface area contributed by atoms with Gasteiger partial charge in [-0.1, -0.05) is 26.8 Å². The molecule has 5 heteroatoms. The monoisotopic (exact) mass is 294 g/mol. The van der Waals surface area contributed by atoms with Gasteiger partial charge in [0.05, 0.1) is 11.5 Å². The van der Waals surface area contributed by atoms with Crippen LogP contribution in [0, 0.1) is 16.0 Å². The van der Waals surface area contributed by atoms with Crippen LogP contribution in [0.2, 0.25) is 0 Å². The summed E-state index contributed by atoms with van der Waals surface area (Å²) in [7, 11) is 1.93. The van der Waals surface area contributed by atoms with Crippen molar-refractivity contribution in [3.63, 3.8) is 0 Å². The summed E-state index contributed by atoms with van der Waals surface area (Å²) in [6, 6.07) is 5.50. The number of benzene rings is 1. The molecule has 2 unspecified atom stereocenters. The lowest BCUT2D eigenvalue weighted by Crippen LogP contribution is -2.32. The van der Waals surface area contributed by atoms with Crippen molar-refractivity contribution < 1.29 is 9.66 Å². The Morgan fingerprint density at radius 1 is 1.33 bits per heavy atom. The van der Waals surface area contributed by atoms with Crippen molar-refractivity contribution in [2.24, 2.45) is 5.92 Å². The molecule has 1 rings (SSSR count). The molecule has 5 nitrogen and oxygen atoms in total. The molecule has 0 bridgehead atoms. The molecule has 1 aromatic rings. The van der Waals surface area contributed by atoms with E-state index in [4.69, 9.17) is 4.74 Å². The Labute approximate surface area is 126 Å². The number of nitro groups is 1. The molecule has 0 saturated carbocycles. The fourth-order valence-corrected chi connectivity index (χ4v) is 2.65. The van der Waals surface area contributed by atoms with Gasteiger partial charge in [-0.25, -0.2) is 0 Å². The number of hydrogen-bond acceptors (Lipinski definition) is 4. The summed E-state index contributed by atoms with van der Waals surface area (Å²) >= 11 is 0. The number of rotatable bonds is 8. The third-order valence-electron chi connectivity index (χ3n) is 3.74. The lowest BCUT2D eigenvalue weighted by Gasteiger charge is -2.28. The highest BCUT2D eigenvalue weighted by molar-refractivity contribution is 5.49. The highest BCUT2D eigenvalue weighted by atomic mass is 16.6. The van der Waals surface area contributed by atoms with E-state index in [1.165, 1.54) is 0 Å². The van der Waals surface area contributed by atoms with Crippen LogP contribution in [-0.4, -0.2) is 24.6 Å². The molecule has 1 aromatic carbocycles. The standard InChI is InChI=1S/C16H26N2O3/c1-6-9-21-15-10-13(7-8-14(15)18(19)20)16(11(2)3)12(4)17-5/h7-8,10-12,16-17H,6,9H2,1-5H3. The molecule has 0 fully saturated rings. The quantitative estimate of drug-likeness (QED) is 0.586. The second kappa shape index (κ2) is 7.98. The second-order valence-electron chi connectivity index (χ2n) is 5.68. The molecule has 21 heavy (non-hydrogen) atoms. The van der Waals surface area contributed by atoms with E-state index in [0.717, 1.165) is 12.0 Å². The van der Waals surface area contributed by atoms with Crippen LogP contribution < -0.4 is 10.1 Å². The maximum Gasteiger partial charge on any atom is 0.310 e. The van der Waals surface area contributed by atoms with Gasteiger partial charge in [-0.05, 0) is 37.9 Å². The van der Waals surface area contributed by atoms with Crippen LogP contribution in [0.3, 0.4) is 0 Å². The Hall–Kier alpha value is -1.62. The molecule has 0 saturated heterocycles. The Bertz CT molecular complexity index is 475. The van der Waals surface area contributed by atoms with Crippen LogP contribution in [0.15, 0.2) is 18.2 Å². The summed E-state index contributed by atoms with van der Waals surface area (Å²) in [5.74, 6) is 1.07. The minimum absolute atomic E-state index is 0.0341. The first kappa shape index (κ1) is 17.4. The lowest BCUT2D eigenvalue weighted by atomic mass is 9.83. The number of nitrogens with zero attached hydrogens (tertiary/aromatic N) is 1. The van der Waals surface area contributed by atoms with Gasteiger partial charge in [-0.2, -0.15) is 0 Å². The summed E-state index contributed by atoms with van der Waals surface area (Å²) in [4.78, 5) is 10.7. The van der Waals surface area contributed by atoms with Crippen LogP contribution in [0.25, 0.3) is 0 Å². The van der Waals surface area contributed by atoms with Crippen molar-refractivity contribution in [2.75, 3.05) is 13.7 Å². The maximum absolute atomic E-state index is 11.1. The molecule has 0 aromatic heterocycles. The van der Waals surface area contributed by atoms with Crippen molar-refractivity contribution in [1.82, 2.24) is 5.32 Å². The molecule has 0 amide bonds. The maximum atomic E-state index is 11.1. The third kappa shape index (κ3) is 4.43. The Morgan fingerprint density at radius 2 is 2.00 bits per heavy atom. The highest BCUT2D eigenvalue weighted by Gasteiger charge is 2.25. The van der Waals surface area contributed by atoms with Crippen molar-refractivity contribution in [2.45, 2.75) is 46.1 Å². The summed E-state index contributed by atoms with van der Waals surface area (Å²) < 4.78 is 5.57. The van der Waals surface area contributed by atoms with Crippen LogP contribution in [0.5, 0.6) is 5.75 Å². The predicted molar refractivity (Wildman–Crippen MR) is 85.0 cm³/mol. The van der Waals surface area contributed by atoms with Crippen LogP contribution in [0.4, 0.5) is 5.69 Å². The Balaban J connectivity index is 3.20. The van der Waals surface area contributed by atoms with Crippen LogP contribution in [-0.2, 0) is 0 Å². The summed E-state index contributed by atoms with van der Waals surface area (Å²) in [5, 5.41) is 14.4. The van der Waals surface area contributed by atoms with Crippen molar-refractivity contribution in [3.05, 3.63) is 33.9 Å². The smallest absolute Gasteiger partial charge is 0.310 e. The van der Waals surface area contributed by atoms with E-state index in [1.54, 1.807) is 6.07 Å². The van der Waals surface area contributed by atoms with Gasteiger partial charge in [0.25, 0.3) is 0 Å². The molecule has 2 atom stereocenters. The average Bonchev–Trinajstić information content (AvgIpc) is 2.44. The zero-order valence-corrected chi connectivity index (χ0v) is 13.6. The number of nitrogens with one attached hydrogen (secondary N) is 1. The molecule has 118 valence electrons. The Kier molecular flexibility index (Phi) is 6.62. The van der Waals surface area contributed by atoms with E-state index in [1.807, 2.05) is 26.1 Å². The first-order valence-electron chi connectivity index (χ1n) is 7.50. The molecule has 0 aliphatic carbocycles. The average molecular weight is 294 g/mol. The first-order chi connectivity index (χ1) is 9.92. The van der Waals surface area contributed by atoms with Gasteiger partial charge in [-0.3, -0.25) is 10.1 Å². The molecule has 0 heterocycles. The van der Waals surface area contributed by atoms with Crippen LogP contribution >= 0.6 is 0 Å². The zero-order valence-electron chi connectivity index (χ0n) is 13.6. The van der Waals surface area contributed by atoms with E-state index >= 15 is 0 Å². The van der Waals surface area contributed by atoms with Gasteiger partial charge in [0.2, 0.25) is 0 Å². The van der Waals surface area contributed by atoms with E-state index < -0.39 is 0 Å². The van der Waals surface area contributed by atoms with Crippen LogP contribution in [0.1, 0.15) is 45.6 Å². The predicted octanol–water partition coefficient (Wildman–Crippen LogP) is 3.73. The number of hydrogen-bond donors (Lipinski definition) is 1. The van der Waals surface area contributed by atoms with Gasteiger partial charge in [0.15, 0.2) is 5.75 Å². The normalized spacial score (nSPS) is 14.0. The lowest BCUT2D eigenvalue weighted by molar-refractivity contribution is -0.385. The SMILES string of the molecule is CCCOc1cc(C(C(C)C)C(C)NC)ccc1[N+](=O)[O-]. The minimum atomic E-state index is -0.388. The Morgan fingerprint density at radius 3 is 2.48 bits per heavy atom. The van der Waals surface area contributed by atoms with E-state index in [9.17, 15) is 10.1 Å². The van der Waals surface area contributed by atoms with Gasteiger partial charge >= 0.3 is 5.69 Å². The number of likely N-dealkylation sites (N-methyl/N-ethyl adjacent to an activating group) is 1. The topological polar surface area (TPSA) is 64.4 Å². The van der Waals surface area contributed by atoms with Gasteiger partial charge in [0.1, 0.15) is 0 Å². The largest absolute Gasteiger partial charge is 0.487 e. The third-order valence-corrected chi connectivity index (χ3v) is 3.74. The first-order valence-corrected chi connectivity index (χ1v) is 7.50. The molecule has 0 radical (unpaired) electrons. The highest BCUT2D eigenvalue weighted by Crippen LogP contribution is 2.35. The molecule has 0 spiro atoms. The number of ether oxygens (including phenoxy) is 1. The molecular formula is C16H26N2O3. The second-order valence-corrected chi connectivity index (χ2v) is 5.68. The van der Waals surface area contributed by atoms with E-state index in [0.29, 0.717) is 18.3 Å². The van der Waals surface area contributed by atoms with Crippen molar-refractivity contribution in [1.29, 1.82) is 0 Å².